The summed E-state index contributed by atoms with van der Waals surface area (Å²) < 4.78 is 0. The first-order chi connectivity index (χ1) is 3.80. The van der Waals surface area contributed by atoms with Crippen LogP contribution in [0.4, 0.5) is 0 Å². The zero-order valence-corrected chi connectivity index (χ0v) is 5.99. The van der Waals surface area contributed by atoms with E-state index in [-0.39, 0.29) is 18.2 Å². The van der Waals surface area contributed by atoms with E-state index in [0.717, 1.165) is 0 Å². The summed E-state index contributed by atoms with van der Waals surface area (Å²) in [6.45, 7) is 0. The molecule has 1 heterocycles. The summed E-state index contributed by atoms with van der Waals surface area (Å²) in [4.78, 5) is 3.61. The third-order valence-corrected chi connectivity index (χ3v) is 1.07. The average Bonchev–Trinajstić information content (AvgIpc) is 1.77. The molecule has 9 heavy (non-hydrogen) atoms. The first-order valence-corrected chi connectivity index (χ1v) is 2.47. The highest BCUT2D eigenvalue weighted by Gasteiger charge is 1.91. The fraction of sp³-hybridized carbons (Fsp3) is 0. The molecule has 0 saturated carbocycles. The Morgan fingerprint density at radius 2 is 2.22 bits per heavy atom. The molecule has 0 bridgehead atoms. The largest absolute Gasteiger partial charge is 0.505 e. The van der Waals surface area contributed by atoms with E-state index in [2.05, 4.69) is 4.98 Å². The number of nitrogens with zero attached hydrogens (tertiary/aromatic N) is 1. The van der Waals surface area contributed by atoms with Crippen LogP contribution >= 0.6 is 24.0 Å². The molecule has 1 aromatic heterocycles. The van der Waals surface area contributed by atoms with Crippen molar-refractivity contribution in [2.75, 3.05) is 0 Å². The van der Waals surface area contributed by atoms with E-state index in [1.165, 1.54) is 18.5 Å². The molecule has 0 amide bonds. The zero-order valence-electron chi connectivity index (χ0n) is 4.41. The summed E-state index contributed by atoms with van der Waals surface area (Å²) in [6, 6.07) is 1.52. The van der Waals surface area contributed by atoms with Crippen molar-refractivity contribution in [2.45, 2.75) is 0 Å². The Labute approximate surface area is 63.9 Å². The quantitative estimate of drug-likeness (QED) is 0.637. The number of aromatic nitrogens is 1. The van der Waals surface area contributed by atoms with Gasteiger partial charge in [0.2, 0.25) is 0 Å². The Morgan fingerprint density at radius 1 is 1.56 bits per heavy atom. The molecule has 1 N–H and O–H groups in total. The van der Waals surface area contributed by atoms with Crippen molar-refractivity contribution in [3.05, 3.63) is 23.5 Å². The number of aromatic hydroxyl groups is 1. The van der Waals surface area contributed by atoms with Crippen LogP contribution in [0.1, 0.15) is 0 Å². The number of pyridine rings is 1. The SMILES string of the molecule is Cl.Oc1cnccc1Cl. The van der Waals surface area contributed by atoms with Crippen LogP contribution in [0.15, 0.2) is 18.5 Å². The molecule has 0 aliphatic rings. The van der Waals surface area contributed by atoms with Gasteiger partial charge in [-0.3, -0.25) is 4.98 Å². The van der Waals surface area contributed by atoms with Crippen molar-refractivity contribution in [3.63, 3.8) is 0 Å². The van der Waals surface area contributed by atoms with Gasteiger partial charge in [0, 0.05) is 6.20 Å². The van der Waals surface area contributed by atoms with E-state index in [1.54, 1.807) is 0 Å². The standard InChI is InChI=1S/C5H4ClNO.ClH/c6-4-1-2-7-3-5(4)8;/h1-3,8H;1H. The third-order valence-electron chi connectivity index (χ3n) is 0.748. The Kier molecular flexibility index (Phi) is 3.35. The lowest BCUT2D eigenvalue weighted by Crippen LogP contribution is -1.68. The smallest absolute Gasteiger partial charge is 0.152 e. The predicted molar refractivity (Wildman–Crippen MR) is 38.2 cm³/mol. The van der Waals surface area contributed by atoms with Gasteiger partial charge in [-0.1, -0.05) is 11.6 Å². The van der Waals surface area contributed by atoms with Crippen molar-refractivity contribution < 1.29 is 5.11 Å². The normalized spacial score (nSPS) is 8.11. The maximum atomic E-state index is 8.72. The summed E-state index contributed by atoms with van der Waals surface area (Å²) in [6.07, 6.45) is 2.81. The monoisotopic (exact) mass is 165 g/mol. The van der Waals surface area contributed by atoms with E-state index in [1.807, 2.05) is 0 Å². The maximum Gasteiger partial charge on any atom is 0.152 e. The van der Waals surface area contributed by atoms with Crippen LogP contribution in [0, 0.1) is 0 Å². The summed E-state index contributed by atoms with van der Waals surface area (Å²) in [5.74, 6) is 0.0224. The molecule has 0 fully saturated rings. The topological polar surface area (TPSA) is 33.1 Å². The Morgan fingerprint density at radius 3 is 2.56 bits per heavy atom. The van der Waals surface area contributed by atoms with Gasteiger partial charge < -0.3 is 5.11 Å². The molecule has 0 saturated heterocycles. The highest BCUT2D eigenvalue weighted by atomic mass is 35.5. The van der Waals surface area contributed by atoms with Crippen LogP contribution in [0.2, 0.25) is 5.02 Å². The number of hydrogen-bond acceptors (Lipinski definition) is 2. The maximum absolute atomic E-state index is 8.72. The molecule has 0 spiro atoms. The van der Waals surface area contributed by atoms with Crippen molar-refractivity contribution in [2.24, 2.45) is 0 Å². The van der Waals surface area contributed by atoms with Gasteiger partial charge in [-0.15, -0.1) is 12.4 Å². The first kappa shape index (κ1) is 8.53. The van der Waals surface area contributed by atoms with Gasteiger partial charge >= 0.3 is 0 Å². The molecule has 1 aromatic rings. The molecule has 0 aliphatic carbocycles. The predicted octanol–water partition coefficient (Wildman–Crippen LogP) is 1.86. The van der Waals surface area contributed by atoms with Gasteiger partial charge in [-0.25, -0.2) is 0 Å². The van der Waals surface area contributed by atoms with Gasteiger partial charge in [-0.2, -0.15) is 0 Å². The molecule has 50 valence electrons. The summed E-state index contributed by atoms with van der Waals surface area (Å²) in [5, 5.41) is 9.06. The van der Waals surface area contributed by atoms with Crippen LogP contribution in [-0.2, 0) is 0 Å². The number of hydrogen-bond donors (Lipinski definition) is 1. The molecule has 1 rings (SSSR count). The molecule has 0 aromatic carbocycles. The van der Waals surface area contributed by atoms with Gasteiger partial charge in [0.05, 0.1) is 11.2 Å². The van der Waals surface area contributed by atoms with Crippen molar-refractivity contribution in [3.8, 4) is 5.75 Å². The highest BCUT2D eigenvalue weighted by Crippen LogP contribution is 2.18. The highest BCUT2D eigenvalue weighted by molar-refractivity contribution is 6.31. The van der Waals surface area contributed by atoms with Crippen molar-refractivity contribution in [1.29, 1.82) is 0 Å². The molecule has 0 aliphatic heterocycles. The third kappa shape index (κ3) is 2.08. The fourth-order valence-corrected chi connectivity index (χ4v) is 0.474. The lowest BCUT2D eigenvalue weighted by molar-refractivity contribution is 0.473. The Balaban J connectivity index is 0.000000640. The van der Waals surface area contributed by atoms with Crippen LogP contribution in [0.25, 0.3) is 0 Å². The fourth-order valence-electron chi connectivity index (χ4n) is 0.369. The summed E-state index contributed by atoms with van der Waals surface area (Å²) >= 11 is 5.42. The minimum absolute atomic E-state index is 0. The molecular weight excluding hydrogens is 161 g/mol. The molecule has 2 nitrogen and oxygen atoms in total. The Hall–Kier alpha value is -0.470. The minimum atomic E-state index is 0. The van der Waals surface area contributed by atoms with E-state index < -0.39 is 0 Å². The van der Waals surface area contributed by atoms with E-state index in [9.17, 15) is 0 Å². The van der Waals surface area contributed by atoms with E-state index in [4.69, 9.17) is 16.7 Å². The molecule has 4 heteroatoms. The summed E-state index contributed by atoms with van der Waals surface area (Å²) in [7, 11) is 0. The first-order valence-electron chi connectivity index (χ1n) is 2.09. The van der Waals surface area contributed by atoms with Crippen LogP contribution in [-0.4, -0.2) is 10.1 Å². The zero-order chi connectivity index (χ0) is 5.98. The number of rotatable bonds is 0. The van der Waals surface area contributed by atoms with Crippen molar-refractivity contribution >= 4 is 24.0 Å². The molecular formula is C5H5Cl2NO. The van der Waals surface area contributed by atoms with Crippen LogP contribution in [0.3, 0.4) is 0 Å². The number of halogens is 2. The van der Waals surface area contributed by atoms with E-state index >= 15 is 0 Å². The van der Waals surface area contributed by atoms with Gasteiger partial charge in [0.15, 0.2) is 5.75 Å². The molecule has 0 radical (unpaired) electrons. The second kappa shape index (κ2) is 3.54. The van der Waals surface area contributed by atoms with E-state index in [0.29, 0.717) is 5.02 Å². The summed E-state index contributed by atoms with van der Waals surface area (Å²) in [5.41, 5.74) is 0. The lowest BCUT2D eigenvalue weighted by Gasteiger charge is -1.89. The average molecular weight is 166 g/mol. The second-order valence-corrected chi connectivity index (χ2v) is 1.73. The van der Waals surface area contributed by atoms with Crippen LogP contribution < -0.4 is 0 Å². The van der Waals surface area contributed by atoms with Crippen molar-refractivity contribution in [1.82, 2.24) is 4.98 Å². The van der Waals surface area contributed by atoms with Gasteiger partial charge in [0.1, 0.15) is 0 Å². The van der Waals surface area contributed by atoms with Crippen LogP contribution in [0.5, 0.6) is 5.75 Å². The second-order valence-electron chi connectivity index (χ2n) is 1.33. The minimum Gasteiger partial charge on any atom is -0.505 e. The molecule has 0 atom stereocenters. The van der Waals surface area contributed by atoms with Gasteiger partial charge in [-0.05, 0) is 6.07 Å². The Bertz CT molecular complexity index is 171. The lowest BCUT2D eigenvalue weighted by atomic mass is 10.5. The van der Waals surface area contributed by atoms with Gasteiger partial charge in [0.25, 0.3) is 0 Å². The molecule has 0 unspecified atom stereocenters.